The summed E-state index contributed by atoms with van der Waals surface area (Å²) in [5.41, 5.74) is 16.5. The van der Waals surface area contributed by atoms with Gasteiger partial charge in [-0.1, -0.05) is 255 Å². The molecule has 0 aliphatic rings. The fourth-order valence-electron chi connectivity index (χ4n) is 12.7. The van der Waals surface area contributed by atoms with Gasteiger partial charge in [-0.2, -0.15) is 0 Å². The van der Waals surface area contributed by atoms with Crippen molar-refractivity contribution >= 4 is 98.8 Å². The molecule has 0 aliphatic heterocycles. The van der Waals surface area contributed by atoms with Gasteiger partial charge in [0.25, 0.3) is 0 Å². The van der Waals surface area contributed by atoms with Gasteiger partial charge in [-0.05, 0) is 159 Å². The second-order valence-electron chi connectivity index (χ2n) is 20.7. The molecule has 80 heavy (non-hydrogen) atoms. The molecular weight excluding hydrogens is 965 g/mol. The van der Waals surface area contributed by atoms with Crippen LogP contribution >= 0.6 is 0 Å². The maximum absolute atomic E-state index is 2.38. The number of benzene rings is 15. The minimum Gasteiger partial charge on any atom is -0.310 e. The van der Waals surface area contributed by atoms with Gasteiger partial charge in [0.15, 0.2) is 0 Å². The molecule has 2 heteroatoms. The van der Waals surface area contributed by atoms with Crippen LogP contribution in [-0.4, -0.2) is 0 Å². The summed E-state index contributed by atoms with van der Waals surface area (Å²) in [6, 6.07) is 115. The van der Waals surface area contributed by atoms with Crippen LogP contribution in [0.4, 0.5) is 34.1 Å². The largest absolute Gasteiger partial charge is 0.310 e. The lowest BCUT2D eigenvalue weighted by Gasteiger charge is -2.27. The van der Waals surface area contributed by atoms with Crippen LogP contribution in [-0.2, 0) is 0 Å². The Kier molecular flexibility index (Phi) is 11.6. The van der Waals surface area contributed by atoms with Crippen LogP contribution in [0, 0.1) is 0 Å². The molecule has 15 aromatic rings. The maximum Gasteiger partial charge on any atom is 0.0540 e. The number of nitrogens with zero attached hydrogens (tertiary/aromatic N) is 2. The normalized spacial score (nSPS) is 11.5. The third-order valence-corrected chi connectivity index (χ3v) is 16.2. The zero-order chi connectivity index (χ0) is 52.9. The van der Waals surface area contributed by atoms with Gasteiger partial charge in [0.05, 0.1) is 11.4 Å². The van der Waals surface area contributed by atoms with Crippen molar-refractivity contribution in [1.29, 1.82) is 0 Å². The van der Waals surface area contributed by atoms with Crippen LogP contribution in [0.15, 0.2) is 315 Å². The molecule has 0 amide bonds. The van der Waals surface area contributed by atoms with Crippen molar-refractivity contribution in [3.63, 3.8) is 0 Å². The van der Waals surface area contributed by atoms with Gasteiger partial charge in [0.2, 0.25) is 0 Å². The molecule has 0 heterocycles. The van der Waals surface area contributed by atoms with Crippen molar-refractivity contribution in [2.45, 2.75) is 0 Å². The molecule has 0 fully saturated rings. The molecule has 0 N–H and O–H groups in total. The van der Waals surface area contributed by atoms with Gasteiger partial charge in [0, 0.05) is 33.5 Å². The van der Waals surface area contributed by atoms with Crippen LogP contribution < -0.4 is 9.80 Å². The van der Waals surface area contributed by atoms with Gasteiger partial charge in [-0.3, -0.25) is 0 Å². The highest BCUT2D eigenvalue weighted by Gasteiger charge is 2.22. The lowest BCUT2D eigenvalue weighted by atomic mass is 9.84. The zero-order valence-corrected chi connectivity index (χ0v) is 43.9. The molecular formula is C78H52N2. The summed E-state index contributed by atoms with van der Waals surface area (Å²) in [5.74, 6) is 0. The van der Waals surface area contributed by atoms with Crippen LogP contribution in [0.2, 0.25) is 0 Å². The molecule has 0 radical (unpaired) electrons. The molecule has 0 saturated carbocycles. The summed E-state index contributed by atoms with van der Waals surface area (Å²) >= 11 is 0. The maximum atomic E-state index is 2.38. The molecule has 0 saturated heterocycles. The van der Waals surface area contributed by atoms with E-state index in [1.807, 2.05) is 0 Å². The molecule has 2 nitrogen and oxygen atoms in total. The lowest BCUT2D eigenvalue weighted by Crippen LogP contribution is -2.10. The van der Waals surface area contributed by atoms with Crippen LogP contribution in [0.25, 0.3) is 109 Å². The summed E-state index contributed by atoms with van der Waals surface area (Å²) in [6.07, 6.45) is 0. The van der Waals surface area contributed by atoms with Crippen molar-refractivity contribution in [1.82, 2.24) is 0 Å². The molecule has 0 aromatic heterocycles. The Hall–Kier alpha value is -10.5. The first-order chi connectivity index (χ1) is 39.7. The van der Waals surface area contributed by atoms with Crippen LogP contribution in [0.5, 0.6) is 0 Å². The Morgan fingerprint density at radius 3 is 0.650 bits per heavy atom. The average Bonchev–Trinajstić information content (AvgIpc) is 3.54. The predicted molar refractivity (Wildman–Crippen MR) is 343 cm³/mol. The number of fused-ring (bicyclic) bond motifs is 6. The Morgan fingerprint density at radius 1 is 0.150 bits per heavy atom. The molecule has 0 spiro atoms. The smallest absolute Gasteiger partial charge is 0.0540 e. The van der Waals surface area contributed by atoms with Crippen LogP contribution in [0.3, 0.4) is 0 Å². The Morgan fingerprint density at radius 2 is 0.362 bits per heavy atom. The number of hydrogen-bond donors (Lipinski definition) is 0. The fraction of sp³-hybridized carbons (Fsp3) is 0. The second kappa shape index (κ2) is 19.8. The summed E-state index contributed by atoms with van der Waals surface area (Å²) in [5, 5.41) is 14.7. The minimum absolute atomic E-state index is 1.11. The van der Waals surface area contributed by atoms with E-state index >= 15 is 0 Å². The summed E-state index contributed by atoms with van der Waals surface area (Å²) in [6.45, 7) is 0. The van der Waals surface area contributed by atoms with Crippen molar-refractivity contribution < 1.29 is 0 Å². The van der Waals surface area contributed by atoms with E-state index in [0.29, 0.717) is 0 Å². The van der Waals surface area contributed by atoms with Gasteiger partial charge < -0.3 is 9.80 Å². The Bertz CT molecular complexity index is 4360. The number of anilines is 6. The van der Waals surface area contributed by atoms with Gasteiger partial charge >= 0.3 is 0 Å². The zero-order valence-electron chi connectivity index (χ0n) is 43.9. The van der Waals surface area contributed by atoms with Crippen molar-refractivity contribution in [2.24, 2.45) is 0 Å². The molecule has 0 bridgehead atoms. The van der Waals surface area contributed by atoms with E-state index in [1.54, 1.807) is 0 Å². The van der Waals surface area contributed by atoms with E-state index in [-0.39, 0.29) is 0 Å². The molecule has 0 aliphatic carbocycles. The Balaban J connectivity index is 0.818. The first-order valence-electron chi connectivity index (χ1n) is 27.6. The number of hydrogen-bond acceptors (Lipinski definition) is 2. The van der Waals surface area contributed by atoms with Crippen molar-refractivity contribution in [3.05, 3.63) is 315 Å². The number of para-hydroxylation sites is 2. The second-order valence-corrected chi connectivity index (χ2v) is 20.7. The molecule has 15 rings (SSSR count). The first kappa shape index (κ1) is 46.7. The van der Waals surface area contributed by atoms with Gasteiger partial charge in [-0.25, -0.2) is 0 Å². The highest BCUT2D eigenvalue weighted by molar-refractivity contribution is 6.23. The minimum atomic E-state index is 1.11. The van der Waals surface area contributed by atoms with Gasteiger partial charge in [-0.15, -0.1) is 0 Å². The van der Waals surface area contributed by atoms with E-state index in [0.717, 1.165) is 34.1 Å². The topological polar surface area (TPSA) is 6.48 Å². The summed E-state index contributed by atoms with van der Waals surface area (Å²) in [4.78, 5) is 4.75. The van der Waals surface area contributed by atoms with E-state index in [1.165, 1.54) is 109 Å². The van der Waals surface area contributed by atoms with Crippen LogP contribution in [0.1, 0.15) is 0 Å². The third kappa shape index (κ3) is 7.96. The highest BCUT2D eigenvalue weighted by Crippen LogP contribution is 2.49. The van der Waals surface area contributed by atoms with Gasteiger partial charge in [0.1, 0.15) is 0 Å². The third-order valence-electron chi connectivity index (χ3n) is 16.2. The van der Waals surface area contributed by atoms with E-state index < -0.39 is 0 Å². The summed E-state index contributed by atoms with van der Waals surface area (Å²) in [7, 11) is 0. The molecule has 374 valence electrons. The predicted octanol–water partition coefficient (Wildman–Crippen LogP) is 22.2. The standard InChI is InChI=1S/C78H52N2/c1-3-25-59(26-4-1)79(73-39-19-23-53-21-7-9-29-63(53)73)61-49-45-57(46-50-61)77-69-35-15-11-31-65(69)75(66-32-12-16-36-70(66)77)55-41-43-56(44-42-55)76-67-33-13-17-37-71(67)78(72-38-18-14-34-68(72)76)58-47-51-62(52-48-58)80(60-27-5-2-6-28-60)74-40-20-24-54-22-8-10-30-64(54)74/h1-52H. The SMILES string of the molecule is c1ccc(N(c2ccc(-c3c4ccccc4c(-c4ccc(-c5c6ccccc6c(-c6ccc(N(c7ccccc7)c7cccc8ccccc78)cc6)c6ccccc56)cc4)c4ccccc34)cc2)c2cccc3ccccc23)cc1. The first-order valence-corrected chi connectivity index (χ1v) is 27.6. The summed E-state index contributed by atoms with van der Waals surface area (Å²) < 4.78 is 0. The fourth-order valence-corrected chi connectivity index (χ4v) is 12.7. The molecule has 0 unspecified atom stereocenters. The van der Waals surface area contributed by atoms with Crippen molar-refractivity contribution in [3.8, 4) is 44.5 Å². The van der Waals surface area contributed by atoms with E-state index in [2.05, 4.69) is 325 Å². The number of rotatable bonds is 10. The average molecular weight is 1020 g/mol. The van der Waals surface area contributed by atoms with E-state index in [4.69, 9.17) is 0 Å². The van der Waals surface area contributed by atoms with Crippen molar-refractivity contribution in [2.75, 3.05) is 9.80 Å². The quantitative estimate of drug-likeness (QED) is 0.126. The van der Waals surface area contributed by atoms with E-state index in [9.17, 15) is 0 Å². The molecule has 0 atom stereocenters. The monoisotopic (exact) mass is 1020 g/mol. The Labute approximate surface area is 465 Å². The lowest BCUT2D eigenvalue weighted by molar-refractivity contribution is 1.30. The molecule has 15 aromatic carbocycles. The highest BCUT2D eigenvalue weighted by atomic mass is 15.1.